The van der Waals surface area contributed by atoms with Gasteiger partial charge in [-0.05, 0) is 26.3 Å². The van der Waals surface area contributed by atoms with Crippen molar-refractivity contribution in [3.63, 3.8) is 0 Å². The zero-order valence-corrected chi connectivity index (χ0v) is 9.73. The number of hydrogen-bond donors (Lipinski definition) is 1. The fourth-order valence-corrected chi connectivity index (χ4v) is 2.31. The summed E-state index contributed by atoms with van der Waals surface area (Å²) in [7, 11) is 0. The first-order valence-corrected chi connectivity index (χ1v) is 5.91. The topological polar surface area (TPSA) is 24.9 Å². The van der Waals surface area contributed by atoms with Crippen LogP contribution in [-0.2, 0) is 0 Å². The second-order valence-corrected chi connectivity index (χ2v) is 4.22. The first-order valence-electron chi connectivity index (χ1n) is 5.03. The number of aromatic nitrogens is 1. The molecule has 1 N–H and O–H groups in total. The van der Waals surface area contributed by atoms with Crippen molar-refractivity contribution < 1.29 is 0 Å². The molecule has 3 heteroatoms. The largest absolute Gasteiger partial charge is 0.309 e. The molecular weight excluding hydrogens is 192 g/mol. The maximum absolute atomic E-state index is 4.27. The van der Waals surface area contributed by atoms with E-state index in [2.05, 4.69) is 30.7 Å². The molecule has 0 amide bonds. The molecular formula is C11H18N2S. The molecule has 78 valence electrons. The SMILES string of the molecule is C=CCC(NCCC)c1scnc1C. The van der Waals surface area contributed by atoms with E-state index in [-0.39, 0.29) is 0 Å². The molecule has 0 radical (unpaired) electrons. The molecule has 1 unspecified atom stereocenters. The predicted octanol–water partition coefficient (Wildman–Crippen LogP) is 3.07. The highest BCUT2D eigenvalue weighted by atomic mass is 32.1. The van der Waals surface area contributed by atoms with Gasteiger partial charge in [0.15, 0.2) is 0 Å². The molecule has 14 heavy (non-hydrogen) atoms. The maximum Gasteiger partial charge on any atom is 0.0798 e. The van der Waals surface area contributed by atoms with Crippen LogP contribution in [0.25, 0.3) is 0 Å². The van der Waals surface area contributed by atoms with E-state index in [1.807, 2.05) is 11.6 Å². The van der Waals surface area contributed by atoms with E-state index in [1.54, 1.807) is 11.3 Å². The molecule has 2 nitrogen and oxygen atoms in total. The van der Waals surface area contributed by atoms with E-state index in [0.717, 1.165) is 25.1 Å². The van der Waals surface area contributed by atoms with Crippen LogP contribution in [0.4, 0.5) is 0 Å². The minimum Gasteiger partial charge on any atom is -0.309 e. The van der Waals surface area contributed by atoms with Gasteiger partial charge in [-0.1, -0.05) is 13.0 Å². The third kappa shape index (κ3) is 2.93. The summed E-state index contributed by atoms with van der Waals surface area (Å²) >= 11 is 1.73. The van der Waals surface area contributed by atoms with Crippen LogP contribution in [0.5, 0.6) is 0 Å². The average Bonchev–Trinajstić information content (AvgIpc) is 2.59. The molecule has 0 aliphatic carbocycles. The highest BCUT2D eigenvalue weighted by Crippen LogP contribution is 2.24. The summed E-state index contributed by atoms with van der Waals surface area (Å²) in [5.41, 5.74) is 3.06. The van der Waals surface area contributed by atoms with Crippen LogP contribution in [0.1, 0.15) is 36.4 Å². The second kappa shape index (κ2) is 5.94. The van der Waals surface area contributed by atoms with Crippen molar-refractivity contribution in [1.82, 2.24) is 10.3 Å². The van der Waals surface area contributed by atoms with Crippen LogP contribution in [0.2, 0.25) is 0 Å². The number of nitrogens with one attached hydrogen (secondary N) is 1. The van der Waals surface area contributed by atoms with Crippen LogP contribution in [0, 0.1) is 6.92 Å². The molecule has 0 saturated carbocycles. The van der Waals surface area contributed by atoms with Crippen molar-refractivity contribution in [2.75, 3.05) is 6.54 Å². The summed E-state index contributed by atoms with van der Waals surface area (Å²) in [4.78, 5) is 5.62. The zero-order chi connectivity index (χ0) is 10.4. The van der Waals surface area contributed by atoms with Gasteiger partial charge < -0.3 is 5.32 Å². The van der Waals surface area contributed by atoms with Crippen LogP contribution in [0.3, 0.4) is 0 Å². The van der Waals surface area contributed by atoms with Crippen molar-refractivity contribution in [3.05, 3.63) is 28.7 Å². The lowest BCUT2D eigenvalue weighted by Gasteiger charge is -2.15. The Hall–Kier alpha value is -0.670. The molecule has 0 spiro atoms. The number of aryl methyl sites for hydroxylation is 1. The van der Waals surface area contributed by atoms with Gasteiger partial charge in [0, 0.05) is 10.9 Å². The van der Waals surface area contributed by atoms with Gasteiger partial charge in [0.05, 0.1) is 11.2 Å². The molecule has 1 aromatic heterocycles. The van der Waals surface area contributed by atoms with Gasteiger partial charge in [0.25, 0.3) is 0 Å². The molecule has 1 atom stereocenters. The van der Waals surface area contributed by atoms with E-state index in [0.29, 0.717) is 6.04 Å². The van der Waals surface area contributed by atoms with Crippen LogP contribution < -0.4 is 5.32 Å². The number of nitrogens with zero attached hydrogens (tertiary/aromatic N) is 1. The fourth-order valence-electron chi connectivity index (χ4n) is 1.41. The van der Waals surface area contributed by atoms with Crippen LogP contribution in [0.15, 0.2) is 18.2 Å². The van der Waals surface area contributed by atoms with Gasteiger partial charge in [-0.15, -0.1) is 17.9 Å². The highest BCUT2D eigenvalue weighted by molar-refractivity contribution is 7.09. The lowest BCUT2D eigenvalue weighted by molar-refractivity contribution is 0.542. The van der Waals surface area contributed by atoms with E-state index in [9.17, 15) is 0 Å². The summed E-state index contributed by atoms with van der Waals surface area (Å²) in [6.45, 7) is 9.09. The Labute approximate surface area is 90.1 Å². The second-order valence-electron chi connectivity index (χ2n) is 3.33. The molecule has 1 rings (SSSR count). The quantitative estimate of drug-likeness (QED) is 0.730. The number of hydrogen-bond acceptors (Lipinski definition) is 3. The Balaban J connectivity index is 2.66. The van der Waals surface area contributed by atoms with Crippen molar-refractivity contribution in [3.8, 4) is 0 Å². The van der Waals surface area contributed by atoms with E-state index >= 15 is 0 Å². The van der Waals surface area contributed by atoms with Gasteiger partial charge in [-0.3, -0.25) is 0 Å². The molecule has 0 fully saturated rings. The Morgan fingerprint density at radius 3 is 3.00 bits per heavy atom. The van der Waals surface area contributed by atoms with Crippen molar-refractivity contribution >= 4 is 11.3 Å². The monoisotopic (exact) mass is 210 g/mol. The lowest BCUT2D eigenvalue weighted by Crippen LogP contribution is -2.21. The Morgan fingerprint density at radius 1 is 1.71 bits per heavy atom. The molecule has 0 aromatic carbocycles. The normalized spacial score (nSPS) is 12.7. The van der Waals surface area contributed by atoms with Gasteiger partial charge in [0.1, 0.15) is 0 Å². The predicted molar refractivity (Wildman–Crippen MR) is 62.7 cm³/mol. The first-order chi connectivity index (χ1) is 6.79. The number of thiazole rings is 1. The summed E-state index contributed by atoms with van der Waals surface area (Å²) in [6, 6.07) is 0.403. The maximum atomic E-state index is 4.27. The molecule has 1 heterocycles. The van der Waals surface area contributed by atoms with Crippen molar-refractivity contribution in [2.24, 2.45) is 0 Å². The van der Waals surface area contributed by atoms with E-state index in [1.165, 1.54) is 4.88 Å². The summed E-state index contributed by atoms with van der Waals surface area (Å²) in [6.07, 6.45) is 4.10. The molecule has 0 aliphatic rings. The van der Waals surface area contributed by atoms with Gasteiger partial charge >= 0.3 is 0 Å². The van der Waals surface area contributed by atoms with Gasteiger partial charge in [-0.25, -0.2) is 4.98 Å². The third-order valence-corrected chi connectivity index (χ3v) is 3.19. The van der Waals surface area contributed by atoms with E-state index < -0.39 is 0 Å². The van der Waals surface area contributed by atoms with Crippen LogP contribution >= 0.6 is 11.3 Å². The Kier molecular flexibility index (Phi) is 4.84. The third-order valence-electron chi connectivity index (χ3n) is 2.14. The molecule has 0 aliphatic heterocycles. The van der Waals surface area contributed by atoms with Crippen molar-refractivity contribution in [1.29, 1.82) is 0 Å². The Morgan fingerprint density at radius 2 is 2.50 bits per heavy atom. The molecule has 1 aromatic rings. The lowest BCUT2D eigenvalue weighted by atomic mass is 10.1. The van der Waals surface area contributed by atoms with Gasteiger partial charge in [0.2, 0.25) is 0 Å². The minimum atomic E-state index is 0.403. The van der Waals surface area contributed by atoms with Gasteiger partial charge in [-0.2, -0.15) is 0 Å². The smallest absolute Gasteiger partial charge is 0.0798 e. The standard InChI is InChI=1S/C11H18N2S/c1-4-6-10(12-7-5-2)11-9(3)13-8-14-11/h4,8,10,12H,1,5-7H2,2-3H3. The zero-order valence-electron chi connectivity index (χ0n) is 8.92. The summed E-state index contributed by atoms with van der Waals surface area (Å²) in [5, 5.41) is 3.51. The summed E-state index contributed by atoms with van der Waals surface area (Å²) in [5.74, 6) is 0. The average molecular weight is 210 g/mol. The van der Waals surface area contributed by atoms with Crippen molar-refractivity contribution in [2.45, 2.75) is 32.7 Å². The van der Waals surface area contributed by atoms with E-state index in [4.69, 9.17) is 0 Å². The minimum absolute atomic E-state index is 0.403. The fraction of sp³-hybridized carbons (Fsp3) is 0.545. The summed E-state index contributed by atoms with van der Waals surface area (Å²) < 4.78 is 0. The Bertz CT molecular complexity index is 281. The first kappa shape index (κ1) is 11.4. The number of rotatable bonds is 6. The molecule has 0 saturated heterocycles. The molecule has 0 bridgehead atoms. The van der Waals surface area contributed by atoms with Crippen LogP contribution in [-0.4, -0.2) is 11.5 Å². The highest BCUT2D eigenvalue weighted by Gasteiger charge is 2.13.